The third-order valence-electron chi connectivity index (χ3n) is 2.94. The van der Waals surface area contributed by atoms with Crippen molar-refractivity contribution >= 4 is 17.5 Å². The highest BCUT2D eigenvalue weighted by Gasteiger charge is 2.09. The molecule has 0 saturated heterocycles. The molecule has 6 nitrogen and oxygen atoms in total. The lowest BCUT2D eigenvalue weighted by atomic mass is 10.3. The fourth-order valence-electron chi connectivity index (χ4n) is 1.73. The zero-order chi connectivity index (χ0) is 15.1. The Labute approximate surface area is 128 Å². The molecule has 7 heteroatoms. The molecule has 0 unspecified atom stereocenters. The van der Waals surface area contributed by atoms with Crippen LogP contribution in [0, 0.1) is 0 Å². The number of aromatic nitrogens is 3. The molecule has 0 saturated carbocycles. The number of carbonyl (C=O) groups excluding carboxylic acids is 1. The van der Waals surface area contributed by atoms with Gasteiger partial charge in [-0.2, -0.15) is 5.10 Å². The van der Waals surface area contributed by atoms with Crippen LogP contribution in [-0.2, 0) is 11.3 Å². The van der Waals surface area contributed by atoms with Gasteiger partial charge in [-0.3, -0.25) is 9.48 Å². The molecular formula is C14H17ClN4O2. The summed E-state index contributed by atoms with van der Waals surface area (Å²) in [5.74, 6) is 0.742. The van der Waals surface area contributed by atoms with E-state index in [1.165, 1.54) is 6.33 Å². The van der Waals surface area contributed by atoms with Crippen molar-refractivity contribution in [3.8, 4) is 5.75 Å². The van der Waals surface area contributed by atoms with Gasteiger partial charge in [-0.05, 0) is 18.2 Å². The predicted octanol–water partition coefficient (Wildman–Crippen LogP) is 1.86. The third kappa shape index (κ3) is 5.07. The van der Waals surface area contributed by atoms with E-state index in [1.54, 1.807) is 35.1 Å². The van der Waals surface area contributed by atoms with Gasteiger partial charge in [0.2, 0.25) is 5.91 Å². The van der Waals surface area contributed by atoms with Crippen LogP contribution in [0.5, 0.6) is 5.75 Å². The van der Waals surface area contributed by atoms with Gasteiger partial charge in [-0.25, -0.2) is 4.98 Å². The highest BCUT2D eigenvalue weighted by molar-refractivity contribution is 6.30. The number of likely N-dealkylation sites (N-methyl/N-ethyl adjacent to an activating group) is 1. The van der Waals surface area contributed by atoms with Gasteiger partial charge in [0, 0.05) is 18.5 Å². The summed E-state index contributed by atoms with van der Waals surface area (Å²) in [6.07, 6.45) is 3.43. The first-order chi connectivity index (χ1) is 10.1. The Morgan fingerprint density at radius 1 is 1.48 bits per heavy atom. The fraction of sp³-hybridized carbons (Fsp3) is 0.357. The lowest BCUT2D eigenvalue weighted by Gasteiger charge is -2.17. The van der Waals surface area contributed by atoms with Gasteiger partial charge in [-0.1, -0.05) is 17.7 Å². The number of rotatable bonds is 7. The molecule has 0 N–H and O–H groups in total. The summed E-state index contributed by atoms with van der Waals surface area (Å²) in [6, 6.07) is 7.19. The first-order valence-electron chi connectivity index (χ1n) is 6.60. The average Bonchev–Trinajstić information content (AvgIpc) is 2.98. The fourth-order valence-corrected chi connectivity index (χ4v) is 1.91. The molecule has 1 aromatic heterocycles. The van der Waals surface area contributed by atoms with Crippen LogP contribution in [0.4, 0.5) is 0 Å². The van der Waals surface area contributed by atoms with Crippen molar-refractivity contribution < 1.29 is 9.53 Å². The molecule has 0 radical (unpaired) electrons. The first kappa shape index (κ1) is 15.3. The number of hydrogen-bond acceptors (Lipinski definition) is 4. The molecule has 0 fully saturated rings. The minimum absolute atomic E-state index is 0.0418. The van der Waals surface area contributed by atoms with E-state index in [2.05, 4.69) is 10.1 Å². The second-order valence-electron chi connectivity index (χ2n) is 4.53. The van der Waals surface area contributed by atoms with Crippen LogP contribution in [0.2, 0.25) is 5.02 Å². The standard InChI is InChI=1S/C14H17ClN4O2/c1-18(14(20)5-6-19-11-16-10-17-19)7-8-21-13-4-2-3-12(15)9-13/h2-4,9-11H,5-8H2,1H3. The van der Waals surface area contributed by atoms with E-state index in [0.717, 1.165) is 0 Å². The molecule has 0 spiro atoms. The van der Waals surface area contributed by atoms with Gasteiger partial charge in [-0.15, -0.1) is 0 Å². The van der Waals surface area contributed by atoms with Gasteiger partial charge in [0.1, 0.15) is 25.0 Å². The van der Waals surface area contributed by atoms with E-state index in [0.29, 0.717) is 36.9 Å². The van der Waals surface area contributed by atoms with Crippen LogP contribution in [0.25, 0.3) is 0 Å². The van der Waals surface area contributed by atoms with E-state index in [9.17, 15) is 4.79 Å². The Bertz CT molecular complexity index is 574. The first-order valence-corrected chi connectivity index (χ1v) is 6.97. The topological polar surface area (TPSA) is 60.2 Å². The lowest BCUT2D eigenvalue weighted by molar-refractivity contribution is -0.130. The zero-order valence-electron chi connectivity index (χ0n) is 11.8. The average molecular weight is 309 g/mol. The number of hydrogen-bond donors (Lipinski definition) is 0. The molecule has 21 heavy (non-hydrogen) atoms. The molecule has 0 bridgehead atoms. The van der Waals surface area contributed by atoms with Crippen molar-refractivity contribution in [2.45, 2.75) is 13.0 Å². The molecule has 0 aliphatic carbocycles. The molecule has 0 aliphatic heterocycles. The monoisotopic (exact) mass is 308 g/mol. The SMILES string of the molecule is CN(CCOc1cccc(Cl)c1)C(=O)CCn1cncn1. The number of nitrogens with zero attached hydrogens (tertiary/aromatic N) is 4. The number of ether oxygens (including phenoxy) is 1. The summed E-state index contributed by atoms with van der Waals surface area (Å²) in [7, 11) is 1.75. The Morgan fingerprint density at radius 2 is 2.33 bits per heavy atom. The zero-order valence-corrected chi connectivity index (χ0v) is 12.5. The van der Waals surface area contributed by atoms with E-state index < -0.39 is 0 Å². The maximum atomic E-state index is 11.9. The Hall–Kier alpha value is -2.08. The molecule has 1 amide bonds. The summed E-state index contributed by atoms with van der Waals surface area (Å²) in [5.41, 5.74) is 0. The highest BCUT2D eigenvalue weighted by Crippen LogP contribution is 2.16. The van der Waals surface area contributed by atoms with Crippen LogP contribution in [0.15, 0.2) is 36.9 Å². The van der Waals surface area contributed by atoms with Crippen LogP contribution < -0.4 is 4.74 Å². The number of amides is 1. The third-order valence-corrected chi connectivity index (χ3v) is 3.17. The summed E-state index contributed by atoms with van der Waals surface area (Å²) in [4.78, 5) is 17.4. The number of carbonyl (C=O) groups is 1. The molecule has 1 aromatic carbocycles. The van der Waals surface area contributed by atoms with E-state index >= 15 is 0 Å². The molecule has 112 valence electrons. The molecule has 1 heterocycles. The van der Waals surface area contributed by atoms with Gasteiger partial charge < -0.3 is 9.64 Å². The van der Waals surface area contributed by atoms with Crippen LogP contribution in [0.3, 0.4) is 0 Å². The molecule has 0 atom stereocenters. The minimum atomic E-state index is 0.0418. The van der Waals surface area contributed by atoms with Crippen molar-refractivity contribution in [3.63, 3.8) is 0 Å². The lowest BCUT2D eigenvalue weighted by Crippen LogP contribution is -2.31. The van der Waals surface area contributed by atoms with E-state index in [1.807, 2.05) is 12.1 Å². The smallest absolute Gasteiger partial charge is 0.224 e. The van der Waals surface area contributed by atoms with E-state index in [-0.39, 0.29) is 5.91 Å². The van der Waals surface area contributed by atoms with Crippen LogP contribution in [0.1, 0.15) is 6.42 Å². The molecule has 0 aliphatic rings. The van der Waals surface area contributed by atoms with Gasteiger partial charge in [0.25, 0.3) is 0 Å². The number of aryl methyl sites for hydroxylation is 1. The highest BCUT2D eigenvalue weighted by atomic mass is 35.5. The maximum Gasteiger partial charge on any atom is 0.224 e. The minimum Gasteiger partial charge on any atom is -0.492 e. The predicted molar refractivity (Wildman–Crippen MR) is 79.2 cm³/mol. The van der Waals surface area contributed by atoms with E-state index in [4.69, 9.17) is 16.3 Å². The molecule has 2 aromatic rings. The Morgan fingerprint density at radius 3 is 3.05 bits per heavy atom. The molecular weight excluding hydrogens is 292 g/mol. The summed E-state index contributed by atoms with van der Waals surface area (Å²) in [6.45, 7) is 1.47. The van der Waals surface area contributed by atoms with Crippen LogP contribution in [-0.4, -0.2) is 45.8 Å². The normalized spacial score (nSPS) is 10.4. The van der Waals surface area contributed by atoms with Crippen molar-refractivity contribution in [1.82, 2.24) is 19.7 Å². The largest absolute Gasteiger partial charge is 0.492 e. The summed E-state index contributed by atoms with van der Waals surface area (Å²) in [5, 5.41) is 4.58. The Balaban J connectivity index is 1.68. The summed E-state index contributed by atoms with van der Waals surface area (Å²) < 4.78 is 7.19. The number of benzene rings is 1. The van der Waals surface area contributed by atoms with Crippen LogP contribution >= 0.6 is 11.6 Å². The second-order valence-corrected chi connectivity index (χ2v) is 4.97. The number of halogens is 1. The van der Waals surface area contributed by atoms with Crippen molar-refractivity contribution in [1.29, 1.82) is 0 Å². The van der Waals surface area contributed by atoms with Gasteiger partial charge in [0.15, 0.2) is 0 Å². The van der Waals surface area contributed by atoms with Crippen molar-refractivity contribution in [2.24, 2.45) is 0 Å². The van der Waals surface area contributed by atoms with Gasteiger partial charge in [0.05, 0.1) is 13.1 Å². The quantitative estimate of drug-likeness (QED) is 0.783. The van der Waals surface area contributed by atoms with Crippen molar-refractivity contribution in [2.75, 3.05) is 20.2 Å². The summed E-state index contributed by atoms with van der Waals surface area (Å²) >= 11 is 5.87. The maximum absolute atomic E-state index is 11.9. The molecule has 2 rings (SSSR count). The van der Waals surface area contributed by atoms with Gasteiger partial charge >= 0.3 is 0 Å². The second kappa shape index (κ2) is 7.64. The Kier molecular flexibility index (Phi) is 5.57. The van der Waals surface area contributed by atoms with Crippen molar-refractivity contribution in [3.05, 3.63) is 41.9 Å².